The second-order valence-electron chi connectivity index (χ2n) is 7.15. The van der Waals surface area contributed by atoms with Gasteiger partial charge >= 0.3 is 0 Å². The van der Waals surface area contributed by atoms with Crippen LogP contribution >= 0.6 is 11.6 Å². The Morgan fingerprint density at radius 1 is 1.35 bits per heavy atom. The number of carbonyl (C=O) groups excluding carboxylic acids is 2. The average molecular weight is 381 g/mol. The third-order valence-electron chi connectivity index (χ3n) is 5.21. The molecule has 2 unspecified atom stereocenters. The first-order chi connectivity index (χ1) is 12.3. The number of aryl methyl sites for hydroxylation is 1. The Morgan fingerprint density at radius 2 is 2.04 bits per heavy atom. The number of aliphatic hydroxyl groups is 1. The molecular weight excluding hydrogens is 356 g/mol. The van der Waals surface area contributed by atoms with Gasteiger partial charge in [0.15, 0.2) is 6.35 Å². The van der Waals surface area contributed by atoms with Crippen LogP contribution in [-0.2, 0) is 9.59 Å². The van der Waals surface area contributed by atoms with E-state index < -0.39 is 11.9 Å². The van der Waals surface area contributed by atoms with Gasteiger partial charge in [-0.05, 0) is 38.0 Å². The molecule has 7 nitrogen and oxygen atoms in total. The van der Waals surface area contributed by atoms with E-state index in [0.717, 1.165) is 18.8 Å². The van der Waals surface area contributed by atoms with Crippen LogP contribution in [-0.4, -0.2) is 59.9 Å². The SMILES string of the molecule is Cc1ccc(Cl)cc1N1CCN(C(=O)CCC2(C)NC(O)NC2=O)CC1. The molecule has 0 saturated carbocycles. The average Bonchev–Trinajstić information content (AvgIpc) is 2.87. The van der Waals surface area contributed by atoms with Crippen molar-refractivity contribution in [3.63, 3.8) is 0 Å². The Labute approximate surface area is 158 Å². The van der Waals surface area contributed by atoms with Crippen molar-refractivity contribution < 1.29 is 14.7 Å². The normalized spacial score (nSPS) is 26.2. The monoisotopic (exact) mass is 380 g/mol. The Morgan fingerprint density at radius 3 is 2.65 bits per heavy atom. The molecule has 2 atom stereocenters. The zero-order valence-electron chi connectivity index (χ0n) is 15.1. The van der Waals surface area contributed by atoms with E-state index in [-0.39, 0.29) is 18.2 Å². The number of halogens is 1. The number of hydrogen-bond acceptors (Lipinski definition) is 5. The van der Waals surface area contributed by atoms with E-state index in [1.165, 1.54) is 5.56 Å². The molecule has 2 aliphatic rings. The predicted octanol–water partition coefficient (Wildman–Crippen LogP) is 0.831. The summed E-state index contributed by atoms with van der Waals surface area (Å²) in [4.78, 5) is 28.5. The Kier molecular flexibility index (Phi) is 5.41. The minimum atomic E-state index is -1.05. The summed E-state index contributed by atoms with van der Waals surface area (Å²) >= 11 is 6.11. The highest BCUT2D eigenvalue weighted by Gasteiger charge is 2.41. The van der Waals surface area contributed by atoms with Gasteiger partial charge in [-0.15, -0.1) is 0 Å². The molecule has 2 aliphatic heterocycles. The number of nitrogens with one attached hydrogen (secondary N) is 2. The summed E-state index contributed by atoms with van der Waals surface area (Å²) in [6.07, 6.45) is -0.436. The van der Waals surface area contributed by atoms with Crippen LogP contribution in [0.4, 0.5) is 5.69 Å². The number of rotatable bonds is 4. The fourth-order valence-electron chi connectivity index (χ4n) is 3.51. The number of hydrogen-bond donors (Lipinski definition) is 3. The largest absolute Gasteiger partial charge is 0.368 e. The van der Waals surface area contributed by atoms with Crippen LogP contribution in [0.2, 0.25) is 5.02 Å². The molecule has 8 heteroatoms. The molecule has 2 heterocycles. The van der Waals surface area contributed by atoms with E-state index in [0.29, 0.717) is 24.5 Å². The maximum atomic E-state index is 12.5. The van der Waals surface area contributed by atoms with Crippen molar-refractivity contribution in [1.29, 1.82) is 0 Å². The lowest BCUT2D eigenvalue weighted by Crippen LogP contribution is -2.50. The lowest BCUT2D eigenvalue weighted by atomic mass is 9.96. The Balaban J connectivity index is 1.52. The number of amides is 2. The Bertz CT molecular complexity index is 706. The molecule has 0 spiro atoms. The highest BCUT2D eigenvalue weighted by molar-refractivity contribution is 6.30. The van der Waals surface area contributed by atoms with Gasteiger partial charge in [0.2, 0.25) is 11.8 Å². The van der Waals surface area contributed by atoms with Crippen molar-refractivity contribution in [2.45, 2.75) is 38.6 Å². The molecular formula is C18H25ClN4O3. The summed E-state index contributed by atoms with van der Waals surface area (Å²) in [5, 5.41) is 15.4. The molecule has 3 rings (SSSR count). The van der Waals surface area contributed by atoms with Crippen LogP contribution in [0, 0.1) is 6.92 Å². The fraction of sp³-hybridized carbons (Fsp3) is 0.556. The van der Waals surface area contributed by atoms with Gasteiger partial charge in [-0.25, -0.2) is 0 Å². The van der Waals surface area contributed by atoms with E-state index in [2.05, 4.69) is 22.5 Å². The minimum absolute atomic E-state index is 0.0321. The van der Waals surface area contributed by atoms with Gasteiger partial charge in [0.05, 0.1) is 5.54 Å². The number of benzene rings is 1. The molecule has 3 N–H and O–H groups in total. The van der Waals surface area contributed by atoms with Gasteiger partial charge in [0.25, 0.3) is 0 Å². The summed E-state index contributed by atoms with van der Waals surface area (Å²) in [6, 6.07) is 5.85. The topological polar surface area (TPSA) is 84.9 Å². The second kappa shape index (κ2) is 7.42. The first-order valence-corrected chi connectivity index (χ1v) is 9.22. The summed E-state index contributed by atoms with van der Waals surface area (Å²) < 4.78 is 0. The third-order valence-corrected chi connectivity index (χ3v) is 5.44. The molecule has 2 saturated heterocycles. The van der Waals surface area contributed by atoms with Crippen LogP contribution in [0.3, 0.4) is 0 Å². The van der Waals surface area contributed by atoms with Gasteiger partial charge in [0, 0.05) is 43.3 Å². The number of anilines is 1. The van der Waals surface area contributed by atoms with Crippen molar-refractivity contribution >= 4 is 29.1 Å². The van der Waals surface area contributed by atoms with Gasteiger partial charge in [0.1, 0.15) is 0 Å². The molecule has 2 fully saturated rings. The molecule has 26 heavy (non-hydrogen) atoms. The first kappa shape index (κ1) is 18.9. The predicted molar refractivity (Wildman–Crippen MR) is 99.9 cm³/mol. The summed E-state index contributed by atoms with van der Waals surface area (Å²) in [6.45, 7) is 6.54. The lowest BCUT2D eigenvalue weighted by molar-refractivity contribution is -0.132. The molecule has 2 amide bonds. The highest BCUT2D eigenvalue weighted by Crippen LogP contribution is 2.26. The Hall–Kier alpha value is -1.83. The van der Waals surface area contributed by atoms with E-state index in [4.69, 9.17) is 11.6 Å². The number of carbonyl (C=O) groups is 2. The molecule has 1 aromatic rings. The smallest absolute Gasteiger partial charge is 0.243 e. The molecule has 142 valence electrons. The van der Waals surface area contributed by atoms with Crippen LogP contribution in [0.5, 0.6) is 0 Å². The van der Waals surface area contributed by atoms with E-state index in [9.17, 15) is 14.7 Å². The first-order valence-electron chi connectivity index (χ1n) is 8.84. The lowest BCUT2D eigenvalue weighted by Gasteiger charge is -2.37. The molecule has 0 radical (unpaired) electrons. The van der Waals surface area contributed by atoms with Crippen LogP contribution in [0.15, 0.2) is 18.2 Å². The zero-order chi connectivity index (χ0) is 18.9. The van der Waals surface area contributed by atoms with Gasteiger partial charge < -0.3 is 20.2 Å². The summed E-state index contributed by atoms with van der Waals surface area (Å²) in [5.41, 5.74) is 1.37. The van der Waals surface area contributed by atoms with E-state index in [1.54, 1.807) is 6.92 Å². The quantitative estimate of drug-likeness (QED) is 0.720. The van der Waals surface area contributed by atoms with Crippen LogP contribution in [0.25, 0.3) is 0 Å². The van der Waals surface area contributed by atoms with Crippen molar-refractivity contribution in [1.82, 2.24) is 15.5 Å². The minimum Gasteiger partial charge on any atom is -0.368 e. The number of nitrogens with zero attached hydrogens (tertiary/aromatic N) is 2. The van der Waals surface area contributed by atoms with Crippen molar-refractivity contribution in [2.75, 3.05) is 31.1 Å². The molecule has 1 aromatic carbocycles. The fourth-order valence-corrected chi connectivity index (χ4v) is 3.67. The van der Waals surface area contributed by atoms with Crippen LogP contribution < -0.4 is 15.5 Å². The highest BCUT2D eigenvalue weighted by atomic mass is 35.5. The summed E-state index contributed by atoms with van der Waals surface area (Å²) in [7, 11) is 0. The summed E-state index contributed by atoms with van der Waals surface area (Å²) in [5.74, 6) is -0.247. The van der Waals surface area contributed by atoms with E-state index >= 15 is 0 Å². The van der Waals surface area contributed by atoms with Crippen molar-refractivity contribution in [3.8, 4) is 0 Å². The third kappa shape index (κ3) is 3.95. The van der Waals surface area contributed by atoms with E-state index in [1.807, 2.05) is 23.1 Å². The number of aliphatic hydroxyl groups excluding tert-OH is 1. The van der Waals surface area contributed by atoms with Gasteiger partial charge in [-0.1, -0.05) is 17.7 Å². The maximum absolute atomic E-state index is 12.5. The molecule has 0 bridgehead atoms. The maximum Gasteiger partial charge on any atom is 0.243 e. The number of piperazine rings is 1. The standard InChI is InChI=1S/C18H25ClN4O3/c1-12-3-4-13(19)11-14(12)22-7-9-23(10-8-22)15(24)5-6-18(2)16(25)20-17(26)21-18/h3-4,11,17,21,26H,5-10H2,1-2H3,(H,20,25). The van der Waals surface area contributed by atoms with Gasteiger partial charge in [-0.2, -0.15) is 0 Å². The second-order valence-corrected chi connectivity index (χ2v) is 7.59. The molecule has 0 aliphatic carbocycles. The van der Waals surface area contributed by atoms with Crippen molar-refractivity contribution in [2.24, 2.45) is 0 Å². The van der Waals surface area contributed by atoms with Crippen molar-refractivity contribution in [3.05, 3.63) is 28.8 Å². The zero-order valence-corrected chi connectivity index (χ0v) is 15.8. The molecule has 0 aromatic heterocycles. The van der Waals surface area contributed by atoms with Gasteiger partial charge in [-0.3, -0.25) is 14.9 Å². The van der Waals surface area contributed by atoms with Crippen LogP contribution in [0.1, 0.15) is 25.3 Å².